The minimum Gasteiger partial charge on any atom is -0.376 e. The maximum Gasteiger partial charge on any atom is 0.237 e. The molecular weight excluding hydrogens is 304 g/mol. The molecule has 1 aromatic heterocycles. The van der Waals surface area contributed by atoms with E-state index in [1.807, 2.05) is 13.8 Å². The van der Waals surface area contributed by atoms with E-state index in [2.05, 4.69) is 33.0 Å². The summed E-state index contributed by atoms with van der Waals surface area (Å²) < 4.78 is 7.66. The lowest BCUT2D eigenvalue weighted by Crippen LogP contribution is -2.49. The zero-order valence-electron chi connectivity index (χ0n) is 15.1. The largest absolute Gasteiger partial charge is 0.376 e. The summed E-state index contributed by atoms with van der Waals surface area (Å²) in [6.45, 7) is 9.45. The second-order valence-corrected chi connectivity index (χ2v) is 7.20. The summed E-state index contributed by atoms with van der Waals surface area (Å²) in [7, 11) is 0. The Kier molecular flexibility index (Phi) is 5.56. The zero-order valence-corrected chi connectivity index (χ0v) is 15.1. The molecule has 1 aromatic rings. The van der Waals surface area contributed by atoms with Crippen LogP contribution in [0.2, 0.25) is 0 Å². The first-order chi connectivity index (χ1) is 11.5. The molecule has 6 nitrogen and oxygen atoms in total. The molecule has 0 saturated carbocycles. The number of nitrogens with zero attached hydrogens (tertiary/aromatic N) is 3. The molecule has 3 atom stereocenters. The van der Waals surface area contributed by atoms with Crippen LogP contribution in [0.5, 0.6) is 0 Å². The monoisotopic (exact) mass is 334 g/mol. The normalized spacial score (nSPS) is 26.0. The van der Waals surface area contributed by atoms with E-state index in [1.54, 1.807) is 0 Å². The Hall–Kier alpha value is -1.40. The van der Waals surface area contributed by atoms with Gasteiger partial charge in [0.1, 0.15) is 0 Å². The van der Waals surface area contributed by atoms with E-state index >= 15 is 0 Å². The van der Waals surface area contributed by atoms with Crippen molar-refractivity contribution >= 4 is 5.91 Å². The second kappa shape index (κ2) is 7.66. The van der Waals surface area contributed by atoms with Gasteiger partial charge in [0.05, 0.1) is 24.4 Å². The van der Waals surface area contributed by atoms with Crippen molar-refractivity contribution in [2.75, 3.05) is 19.7 Å². The Bertz CT molecular complexity index is 565. The SMILES string of the molecule is Cc1cc(C)n(C[C@@H]2CCCN2[C@@H](C)C(=O)NC[C@@H]2CCCO2)n1. The van der Waals surface area contributed by atoms with Crippen LogP contribution < -0.4 is 5.32 Å². The topological polar surface area (TPSA) is 59.4 Å². The fourth-order valence-corrected chi connectivity index (χ4v) is 3.94. The van der Waals surface area contributed by atoms with Crippen LogP contribution in [0.25, 0.3) is 0 Å². The van der Waals surface area contributed by atoms with Gasteiger partial charge in [-0.2, -0.15) is 5.10 Å². The molecule has 134 valence electrons. The van der Waals surface area contributed by atoms with Crippen molar-refractivity contribution in [1.29, 1.82) is 0 Å². The van der Waals surface area contributed by atoms with Crippen LogP contribution in [0.3, 0.4) is 0 Å². The van der Waals surface area contributed by atoms with Gasteiger partial charge in [0.2, 0.25) is 5.91 Å². The number of carbonyl (C=O) groups excluding carboxylic acids is 1. The van der Waals surface area contributed by atoms with Crippen molar-refractivity contribution in [2.45, 2.75) is 71.2 Å². The summed E-state index contributed by atoms with van der Waals surface area (Å²) in [6, 6.07) is 2.39. The summed E-state index contributed by atoms with van der Waals surface area (Å²) in [5.74, 6) is 0.116. The minimum absolute atomic E-state index is 0.101. The summed E-state index contributed by atoms with van der Waals surface area (Å²) in [5.41, 5.74) is 2.24. The molecule has 0 aromatic carbocycles. The number of nitrogens with one attached hydrogen (secondary N) is 1. The van der Waals surface area contributed by atoms with Gasteiger partial charge < -0.3 is 10.1 Å². The predicted molar refractivity (Wildman–Crippen MR) is 92.9 cm³/mol. The molecule has 6 heteroatoms. The fraction of sp³-hybridized carbons (Fsp3) is 0.778. The number of amides is 1. The van der Waals surface area contributed by atoms with Crippen LogP contribution in [0.4, 0.5) is 0 Å². The van der Waals surface area contributed by atoms with Gasteiger partial charge in [-0.05, 0) is 59.1 Å². The van der Waals surface area contributed by atoms with E-state index in [-0.39, 0.29) is 18.1 Å². The van der Waals surface area contributed by atoms with Crippen molar-refractivity contribution in [1.82, 2.24) is 20.0 Å². The van der Waals surface area contributed by atoms with Gasteiger partial charge in [-0.15, -0.1) is 0 Å². The minimum atomic E-state index is -0.101. The Labute approximate surface area is 144 Å². The van der Waals surface area contributed by atoms with E-state index in [0.717, 1.165) is 51.1 Å². The molecule has 0 bridgehead atoms. The van der Waals surface area contributed by atoms with E-state index < -0.39 is 0 Å². The molecular formula is C18H30N4O2. The van der Waals surface area contributed by atoms with E-state index in [9.17, 15) is 4.79 Å². The van der Waals surface area contributed by atoms with Crippen LogP contribution >= 0.6 is 0 Å². The molecule has 0 radical (unpaired) electrons. The van der Waals surface area contributed by atoms with Crippen molar-refractivity contribution in [3.05, 3.63) is 17.5 Å². The maximum absolute atomic E-state index is 12.5. The predicted octanol–water partition coefficient (Wildman–Crippen LogP) is 1.65. The molecule has 3 rings (SSSR count). The molecule has 3 heterocycles. The van der Waals surface area contributed by atoms with Crippen molar-refractivity contribution in [3.8, 4) is 0 Å². The first-order valence-corrected chi connectivity index (χ1v) is 9.20. The van der Waals surface area contributed by atoms with Crippen LogP contribution in [-0.4, -0.2) is 58.5 Å². The highest BCUT2D eigenvalue weighted by Crippen LogP contribution is 2.22. The smallest absolute Gasteiger partial charge is 0.237 e. The number of rotatable bonds is 6. The lowest BCUT2D eigenvalue weighted by molar-refractivity contribution is -0.126. The summed E-state index contributed by atoms with van der Waals surface area (Å²) in [4.78, 5) is 14.9. The van der Waals surface area contributed by atoms with Gasteiger partial charge in [-0.25, -0.2) is 0 Å². The molecule has 1 N–H and O–H groups in total. The Morgan fingerprint density at radius 1 is 1.42 bits per heavy atom. The quantitative estimate of drug-likeness (QED) is 0.859. The highest BCUT2D eigenvalue weighted by atomic mass is 16.5. The Balaban J connectivity index is 1.55. The highest BCUT2D eigenvalue weighted by molar-refractivity contribution is 5.81. The third kappa shape index (κ3) is 3.98. The summed E-state index contributed by atoms with van der Waals surface area (Å²) >= 11 is 0. The maximum atomic E-state index is 12.5. The van der Waals surface area contributed by atoms with Gasteiger partial charge in [0.15, 0.2) is 0 Å². The molecule has 2 fully saturated rings. The zero-order chi connectivity index (χ0) is 17.1. The molecule has 24 heavy (non-hydrogen) atoms. The van der Waals surface area contributed by atoms with E-state index in [4.69, 9.17) is 4.74 Å². The number of aromatic nitrogens is 2. The van der Waals surface area contributed by atoms with E-state index in [1.165, 1.54) is 5.69 Å². The van der Waals surface area contributed by atoms with Gasteiger partial charge in [0.25, 0.3) is 0 Å². The summed E-state index contributed by atoms with van der Waals surface area (Å²) in [5, 5.41) is 7.65. The van der Waals surface area contributed by atoms with Crippen LogP contribution in [-0.2, 0) is 16.1 Å². The van der Waals surface area contributed by atoms with Crippen LogP contribution in [0, 0.1) is 13.8 Å². The lowest BCUT2D eigenvalue weighted by Gasteiger charge is -2.30. The molecule has 0 unspecified atom stereocenters. The third-order valence-electron chi connectivity index (χ3n) is 5.31. The second-order valence-electron chi connectivity index (χ2n) is 7.20. The van der Waals surface area contributed by atoms with Crippen LogP contribution in [0.1, 0.15) is 44.0 Å². The standard InChI is InChI=1S/C18H30N4O2/c1-13-10-14(2)22(20-13)12-16-6-4-8-21(16)15(3)18(23)19-11-17-7-5-9-24-17/h10,15-17H,4-9,11-12H2,1-3H3,(H,19,23)/t15-,16-,17-/m0/s1. The fourth-order valence-electron chi connectivity index (χ4n) is 3.94. The van der Waals surface area contributed by atoms with Crippen molar-refractivity contribution in [2.24, 2.45) is 0 Å². The number of hydrogen-bond acceptors (Lipinski definition) is 4. The molecule has 2 aliphatic heterocycles. The average molecular weight is 334 g/mol. The Morgan fingerprint density at radius 2 is 2.25 bits per heavy atom. The molecule has 2 saturated heterocycles. The van der Waals surface area contributed by atoms with Crippen molar-refractivity contribution < 1.29 is 9.53 Å². The van der Waals surface area contributed by atoms with Gasteiger partial charge in [-0.1, -0.05) is 0 Å². The van der Waals surface area contributed by atoms with E-state index in [0.29, 0.717) is 12.6 Å². The lowest BCUT2D eigenvalue weighted by atomic mass is 10.1. The highest BCUT2D eigenvalue weighted by Gasteiger charge is 2.32. The number of hydrogen-bond donors (Lipinski definition) is 1. The number of aryl methyl sites for hydroxylation is 2. The number of ether oxygens (including phenoxy) is 1. The molecule has 2 aliphatic rings. The number of carbonyl (C=O) groups is 1. The molecule has 0 aliphatic carbocycles. The molecule has 1 amide bonds. The first-order valence-electron chi connectivity index (χ1n) is 9.20. The third-order valence-corrected chi connectivity index (χ3v) is 5.31. The van der Waals surface area contributed by atoms with Crippen LogP contribution in [0.15, 0.2) is 6.07 Å². The molecule has 0 spiro atoms. The summed E-state index contributed by atoms with van der Waals surface area (Å²) in [6.07, 6.45) is 4.63. The van der Waals surface area contributed by atoms with Gasteiger partial charge in [-0.3, -0.25) is 14.4 Å². The average Bonchev–Trinajstić information content (AvgIpc) is 3.27. The van der Waals surface area contributed by atoms with Gasteiger partial charge in [0, 0.05) is 24.9 Å². The first kappa shape index (κ1) is 17.4. The Morgan fingerprint density at radius 3 is 2.92 bits per heavy atom. The van der Waals surface area contributed by atoms with Gasteiger partial charge >= 0.3 is 0 Å². The van der Waals surface area contributed by atoms with Crippen molar-refractivity contribution in [3.63, 3.8) is 0 Å². The number of likely N-dealkylation sites (tertiary alicyclic amines) is 1.